The minimum Gasteiger partial charge on any atom is -0.340 e. The fraction of sp³-hybridized carbons (Fsp3) is 0.444. The van der Waals surface area contributed by atoms with Crippen molar-refractivity contribution < 1.29 is 0 Å². The number of hydrogen-bond acceptors (Lipinski definition) is 5. The number of benzene rings is 1. The molecule has 0 bridgehead atoms. The number of piperazine rings is 1. The highest BCUT2D eigenvalue weighted by molar-refractivity contribution is 6.29. The maximum Gasteiger partial charge on any atom is 0.135 e. The summed E-state index contributed by atoms with van der Waals surface area (Å²) in [6, 6.07) is 10.3. The van der Waals surface area contributed by atoms with Crippen molar-refractivity contribution in [3.63, 3.8) is 0 Å². The number of likely N-dealkylation sites (N-methyl/N-ethyl adjacent to an activating group) is 1. The number of anilines is 2. The van der Waals surface area contributed by atoms with E-state index in [1.165, 1.54) is 5.56 Å². The Hall–Kier alpha value is -1.69. The molecule has 1 fully saturated rings. The van der Waals surface area contributed by atoms with Gasteiger partial charge in [0.25, 0.3) is 0 Å². The predicted molar refractivity (Wildman–Crippen MR) is 98.9 cm³/mol. The number of nitrogens with zero attached hydrogens (tertiary/aromatic N) is 4. The predicted octanol–water partition coefficient (Wildman–Crippen LogP) is 3.18. The number of aromatic nitrogens is 2. The van der Waals surface area contributed by atoms with Crippen LogP contribution in [0.5, 0.6) is 0 Å². The zero-order chi connectivity index (χ0) is 16.9. The summed E-state index contributed by atoms with van der Waals surface area (Å²) < 4.78 is 0. The highest BCUT2D eigenvalue weighted by atomic mass is 35.5. The van der Waals surface area contributed by atoms with Crippen LogP contribution in [0.2, 0.25) is 5.15 Å². The SMILES string of the molecule is CCc1nc(Cl)cc(Nc2ccc(CN3CCN(C)CC3)cc2)n1. The van der Waals surface area contributed by atoms with Gasteiger partial charge in [-0.3, -0.25) is 4.90 Å². The van der Waals surface area contributed by atoms with Crippen molar-refractivity contribution in [3.05, 3.63) is 46.9 Å². The third kappa shape index (κ3) is 4.66. The summed E-state index contributed by atoms with van der Waals surface area (Å²) in [5, 5.41) is 3.77. The van der Waals surface area contributed by atoms with Crippen LogP contribution in [0.25, 0.3) is 0 Å². The number of rotatable bonds is 5. The highest BCUT2D eigenvalue weighted by Crippen LogP contribution is 2.19. The van der Waals surface area contributed by atoms with Crippen LogP contribution in [0.3, 0.4) is 0 Å². The monoisotopic (exact) mass is 345 g/mol. The fourth-order valence-corrected chi connectivity index (χ4v) is 2.99. The minimum absolute atomic E-state index is 0.469. The number of hydrogen-bond donors (Lipinski definition) is 1. The quantitative estimate of drug-likeness (QED) is 0.843. The third-order valence-electron chi connectivity index (χ3n) is 4.29. The molecule has 0 spiro atoms. The second-order valence-electron chi connectivity index (χ2n) is 6.25. The van der Waals surface area contributed by atoms with Gasteiger partial charge in [0, 0.05) is 50.9 Å². The fourth-order valence-electron chi connectivity index (χ4n) is 2.79. The van der Waals surface area contributed by atoms with Gasteiger partial charge in [-0.15, -0.1) is 0 Å². The molecular formula is C18H24ClN5. The zero-order valence-corrected chi connectivity index (χ0v) is 15.1. The van der Waals surface area contributed by atoms with Crippen LogP contribution in [-0.2, 0) is 13.0 Å². The molecule has 2 aromatic rings. The van der Waals surface area contributed by atoms with E-state index in [2.05, 4.69) is 56.4 Å². The van der Waals surface area contributed by atoms with E-state index in [0.717, 1.165) is 56.5 Å². The molecule has 1 aromatic heterocycles. The van der Waals surface area contributed by atoms with Crippen molar-refractivity contribution in [1.82, 2.24) is 19.8 Å². The first-order chi connectivity index (χ1) is 11.6. The topological polar surface area (TPSA) is 44.3 Å². The average Bonchev–Trinajstić information content (AvgIpc) is 2.58. The van der Waals surface area contributed by atoms with Crippen LogP contribution in [0.4, 0.5) is 11.5 Å². The van der Waals surface area contributed by atoms with Gasteiger partial charge in [0.1, 0.15) is 16.8 Å². The molecule has 0 atom stereocenters. The lowest BCUT2D eigenvalue weighted by molar-refractivity contribution is 0.148. The molecule has 2 heterocycles. The van der Waals surface area contributed by atoms with E-state index in [9.17, 15) is 0 Å². The number of aryl methyl sites for hydroxylation is 1. The molecule has 1 aliphatic heterocycles. The smallest absolute Gasteiger partial charge is 0.135 e. The van der Waals surface area contributed by atoms with Gasteiger partial charge in [-0.05, 0) is 24.7 Å². The summed E-state index contributed by atoms with van der Waals surface area (Å²) in [6.45, 7) is 7.59. The van der Waals surface area contributed by atoms with Crippen molar-refractivity contribution in [2.45, 2.75) is 19.9 Å². The first-order valence-corrected chi connectivity index (χ1v) is 8.80. The Morgan fingerprint density at radius 3 is 2.46 bits per heavy atom. The summed E-state index contributed by atoms with van der Waals surface area (Å²) in [5.41, 5.74) is 2.34. The van der Waals surface area contributed by atoms with E-state index in [0.29, 0.717) is 5.15 Å². The van der Waals surface area contributed by atoms with Crippen LogP contribution >= 0.6 is 11.6 Å². The van der Waals surface area contributed by atoms with E-state index < -0.39 is 0 Å². The summed E-state index contributed by atoms with van der Waals surface area (Å²) in [7, 11) is 2.18. The van der Waals surface area contributed by atoms with Gasteiger partial charge in [-0.25, -0.2) is 9.97 Å². The summed E-state index contributed by atoms with van der Waals surface area (Å²) in [5.74, 6) is 1.48. The van der Waals surface area contributed by atoms with E-state index in [-0.39, 0.29) is 0 Å². The lowest BCUT2D eigenvalue weighted by atomic mass is 10.2. The second kappa shape index (κ2) is 7.92. The molecular weight excluding hydrogens is 322 g/mol. The number of halogens is 1. The zero-order valence-electron chi connectivity index (χ0n) is 14.3. The Balaban J connectivity index is 1.61. The molecule has 0 radical (unpaired) electrons. The van der Waals surface area contributed by atoms with E-state index in [1.54, 1.807) is 6.07 Å². The van der Waals surface area contributed by atoms with Crippen molar-refractivity contribution >= 4 is 23.1 Å². The molecule has 128 valence electrons. The van der Waals surface area contributed by atoms with Crippen molar-refractivity contribution in [1.29, 1.82) is 0 Å². The molecule has 1 saturated heterocycles. The van der Waals surface area contributed by atoms with Gasteiger partial charge in [0.2, 0.25) is 0 Å². The lowest BCUT2D eigenvalue weighted by Gasteiger charge is -2.32. The van der Waals surface area contributed by atoms with Crippen molar-refractivity contribution in [2.75, 3.05) is 38.5 Å². The lowest BCUT2D eigenvalue weighted by Crippen LogP contribution is -2.43. The summed E-state index contributed by atoms with van der Waals surface area (Å²) in [6.07, 6.45) is 0.763. The largest absolute Gasteiger partial charge is 0.340 e. The van der Waals surface area contributed by atoms with E-state index >= 15 is 0 Å². The molecule has 24 heavy (non-hydrogen) atoms. The first-order valence-electron chi connectivity index (χ1n) is 8.42. The maximum absolute atomic E-state index is 6.04. The van der Waals surface area contributed by atoms with Crippen molar-refractivity contribution in [2.24, 2.45) is 0 Å². The highest BCUT2D eigenvalue weighted by Gasteiger charge is 2.13. The van der Waals surface area contributed by atoms with Crippen molar-refractivity contribution in [3.8, 4) is 0 Å². The Morgan fingerprint density at radius 2 is 1.79 bits per heavy atom. The molecule has 0 aliphatic carbocycles. The molecule has 1 N–H and O–H groups in total. The minimum atomic E-state index is 0.469. The summed E-state index contributed by atoms with van der Waals surface area (Å²) in [4.78, 5) is 13.5. The first kappa shape index (κ1) is 17.1. The van der Waals surface area contributed by atoms with Gasteiger partial charge in [0.05, 0.1) is 0 Å². The molecule has 6 heteroatoms. The Bertz CT molecular complexity index is 666. The maximum atomic E-state index is 6.04. The Morgan fingerprint density at radius 1 is 1.08 bits per heavy atom. The van der Waals surface area contributed by atoms with Crippen LogP contribution in [0.1, 0.15) is 18.3 Å². The normalized spacial score (nSPS) is 16.3. The average molecular weight is 346 g/mol. The van der Waals surface area contributed by atoms with Crippen LogP contribution < -0.4 is 5.32 Å². The molecule has 0 unspecified atom stereocenters. The van der Waals surface area contributed by atoms with Gasteiger partial charge in [-0.1, -0.05) is 30.7 Å². The van der Waals surface area contributed by atoms with Gasteiger partial charge in [-0.2, -0.15) is 0 Å². The van der Waals surface area contributed by atoms with Gasteiger partial charge in [0.15, 0.2) is 0 Å². The molecule has 1 aromatic carbocycles. The molecule has 5 nitrogen and oxygen atoms in total. The van der Waals surface area contributed by atoms with Gasteiger partial charge < -0.3 is 10.2 Å². The van der Waals surface area contributed by atoms with E-state index in [1.807, 2.05) is 6.92 Å². The van der Waals surface area contributed by atoms with E-state index in [4.69, 9.17) is 11.6 Å². The van der Waals surface area contributed by atoms with Crippen LogP contribution in [0, 0.1) is 0 Å². The Kier molecular flexibility index (Phi) is 5.66. The molecule has 3 rings (SSSR count). The Labute approximate surface area is 148 Å². The standard InChI is InChI=1S/C18H24ClN5/c1-3-17-21-16(19)12-18(22-17)20-15-6-4-14(5-7-15)13-24-10-8-23(2)9-11-24/h4-7,12H,3,8-11,13H2,1-2H3,(H,20,21,22). The van der Waals surface area contributed by atoms with Gasteiger partial charge >= 0.3 is 0 Å². The summed E-state index contributed by atoms with van der Waals surface area (Å²) >= 11 is 6.04. The van der Waals surface area contributed by atoms with Crippen LogP contribution in [-0.4, -0.2) is 53.0 Å². The number of nitrogens with one attached hydrogen (secondary N) is 1. The molecule has 0 amide bonds. The second-order valence-corrected chi connectivity index (χ2v) is 6.63. The third-order valence-corrected chi connectivity index (χ3v) is 4.48. The van der Waals surface area contributed by atoms with Crippen LogP contribution in [0.15, 0.2) is 30.3 Å². The molecule has 1 aliphatic rings. The molecule has 0 saturated carbocycles.